The molecule has 0 saturated heterocycles. The summed E-state index contributed by atoms with van der Waals surface area (Å²) in [7, 11) is 0. The standard InChI is InChI=1S/C15H15IN2O2/c1-8-3-5-12(17)14(9(8)2)18-15(20)11-7-10(16)4-6-13(11)19/h3-7,19H,17H2,1-2H3,(H,18,20). The number of nitrogens with two attached hydrogens (primary N) is 1. The number of carbonyl (C=O) groups is 1. The monoisotopic (exact) mass is 382 g/mol. The second-order valence-corrected chi connectivity index (χ2v) is 5.83. The lowest BCUT2D eigenvalue weighted by Crippen LogP contribution is -2.15. The van der Waals surface area contributed by atoms with Gasteiger partial charge in [0, 0.05) is 3.57 Å². The molecule has 0 bridgehead atoms. The SMILES string of the molecule is Cc1ccc(N)c(NC(=O)c2cc(I)ccc2O)c1C. The summed E-state index contributed by atoms with van der Waals surface area (Å²) in [6.45, 7) is 3.85. The molecular weight excluding hydrogens is 367 g/mol. The topological polar surface area (TPSA) is 75.3 Å². The zero-order valence-corrected chi connectivity index (χ0v) is 13.4. The van der Waals surface area contributed by atoms with E-state index in [0.717, 1.165) is 14.7 Å². The lowest BCUT2D eigenvalue weighted by molar-refractivity contribution is 0.102. The van der Waals surface area contributed by atoms with Crippen molar-refractivity contribution in [1.82, 2.24) is 0 Å². The molecule has 0 aliphatic rings. The molecule has 0 heterocycles. The third-order valence-corrected chi connectivity index (χ3v) is 3.88. The number of amides is 1. The van der Waals surface area contributed by atoms with Crippen molar-refractivity contribution in [3.63, 3.8) is 0 Å². The number of rotatable bonds is 2. The third kappa shape index (κ3) is 2.87. The maximum atomic E-state index is 12.3. The van der Waals surface area contributed by atoms with E-state index in [1.807, 2.05) is 19.9 Å². The van der Waals surface area contributed by atoms with Crippen molar-refractivity contribution in [2.45, 2.75) is 13.8 Å². The summed E-state index contributed by atoms with van der Waals surface area (Å²) in [5.41, 5.74) is 9.20. The molecule has 2 aromatic rings. The average molecular weight is 382 g/mol. The van der Waals surface area contributed by atoms with E-state index in [1.165, 1.54) is 6.07 Å². The summed E-state index contributed by atoms with van der Waals surface area (Å²) in [5, 5.41) is 12.6. The van der Waals surface area contributed by atoms with Gasteiger partial charge in [-0.05, 0) is 71.8 Å². The molecule has 0 fully saturated rings. The van der Waals surface area contributed by atoms with Gasteiger partial charge in [0.2, 0.25) is 0 Å². The number of aryl methyl sites for hydroxylation is 1. The van der Waals surface area contributed by atoms with E-state index in [0.29, 0.717) is 11.4 Å². The molecule has 2 aromatic carbocycles. The van der Waals surface area contributed by atoms with Crippen LogP contribution >= 0.6 is 22.6 Å². The molecule has 2 rings (SSSR count). The highest BCUT2D eigenvalue weighted by Crippen LogP contribution is 2.28. The van der Waals surface area contributed by atoms with Crippen molar-refractivity contribution in [2.24, 2.45) is 0 Å². The number of phenols is 1. The van der Waals surface area contributed by atoms with Crippen molar-refractivity contribution < 1.29 is 9.90 Å². The fraction of sp³-hybridized carbons (Fsp3) is 0.133. The Morgan fingerprint density at radius 2 is 1.95 bits per heavy atom. The van der Waals surface area contributed by atoms with Gasteiger partial charge in [0.1, 0.15) is 5.75 Å². The van der Waals surface area contributed by atoms with E-state index in [-0.39, 0.29) is 17.2 Å². The number of halogens is 1. The van der Waals surface area contributed by atoms with E-state index in [1.54, 1.807) is 18.2 Å². The quantitative estimate of drug-likeness (QED) is 0.550. The number of anilines is 2. The molecular formula is C15H15IN2O2. The van der Waals surface area contributed by atoms with Gasteiger partial charge < -0.3 is 16.2 Å². The van der Waals surface area contributed by atoms with Crippen LogP contribution < -0.4 is 11.1 Å². The number of hydrogen-bond donors (Lipinski definition) is 3. The predicted octanol–water partition coefficient (Wildman–Crippen LogP) is 3.45. The van der Waals surface area contributed by atoms with E-state index < -0.39 is 0 Å². The number of phenolic OH excluding ortho intramolecular Hbond substituents is 1. The Morgan fingerprint density at radius 3 is 2.65 bits per heavy atom. The molecule has 0 aliphatic carbocycles. The maximum absolute atomic E-state index is 12.3. The molecule has 0 saturated carbocycles. The first-order chi connectivity index (χ1) is 9.40. The maximum Gasteiger partial charge on any atom is 0.259 e. The average Bonchev–Trinajstić information content (AvgIpc) is 2.41. The first-order valence-corrected chi connectivity index (χ1v) is 7.13. The summed E-state index contributed by atoms with van der Waals surface area (Å²) in [6.07, 6.45) is 0. The van der Waals surface area contributed by atoms with Gasteiger partial charge in [-0.2, -0.15) is 0 Å². The largest absolute Gasteiger partial charge is 0.507 e. The molecule has 0 aliphatic heterocycles. The molecule has 0 atom stereocenters. The summed E-state index contributed by atoms with van der Waals surface area (Å²) in [4.78, 5) is 12.3. The normalized spacial score (nSPS) is 10.3. The molecule has 20 heavy (non-hydrogen) atoms. The minimum atomic E-state index is -0.374. The lowest BCUT2D eigenvalue weighted by Gasteiger charge is -2.14. The van der Waals surface area contributed by atoms with Gasteiger partial charge >= 0.3 is 0 Å². The van der Waals surface area contributed by atoms with E-state index in [2.05, 4.69) is 27.9 Å². The van der Waals surface area contributed by atoms with Crippen LogP contribution in [0.3, 0.4) is 0 Å². The van der Waals surface area contributed by atoms with Crippen LogP contribution in [0.4, 0.5) is 11.4 Å². The van der Waals surface area contributed by atoms with Gasteiger partial charge in [-0.25, -0.2) is 0 Å². The molecule has 5 heteroatoms. The van der Waals surface area contributed by atoms with Crippen LogP contribution in [0.1, 0.15) is 21.5 Å². The van der Waals surface area contributed by atoms with Crippen LogP contribution in [0, 0.1) is 17.4 Å². The molecule has 0 spiro atoms. The molecule has 4 N–H and O–H groups in total. The zero-order chi connectivity index (χ0) is 14.9. The zero-order valence-electron chi connectivity index (χ0n) is 11.2. The summed E-state index contributed by atoms with van der Waals surface area (Å²) >= 11 is 2.09. The molecule has 0 radical (unpaired) electrons. The molecule has 4 nitrogen and oxygen atoms in total. The van der Waals surface area contributed by atoms with Crippen LogP contribution in [-0.4, -0.2) is 11.0 Å². The van der Waals surface area contributed by atoms with Crippen molar-refractivity contribution in [3.05, 3.63) is 50.6 Å². The Bertz CT molecular complexity index is 684. The van der Waals surface area contributed by atoms with Gasteiger partial charge in [-0.1, -0.05) is 6.07 Å². The second-order valence-electron chi connectivity index (χ2n) is 4.59. The lowest BCUT2D eigenvalue weighted by atomic mass is 10.1. The van der Waals surface area contributed by atoms with Crippen LogP contribution in [0.5, 0.6) is 5.75 Å². The Morgan fingerprint density at radius 1 is 1.25 bits per heavy atom. The Hall–Kier alpha value is -1.76. The Balaban J connectivity index is 2.38. The van der Waals surface area contributed by atoms with E-state index in [4.69, 9.17) is 5.73 Å². The summed E-state index contributed by atoms with van der Waals surface area (Å²) in [6, 6.07) is 8.53. The highest BCUT2D eigenvalue weighted by molar-refractivity contribution is 14.1. The van der Waals surface area contributed by atoms with Crippen LogP contribution in [0.2, 0.25) is 0 Å². The highest BCUT2D eigenvalue weighted by atomic mass is 127. The van der Waals surface area contributed by atoms with Crippen molar-refractivity contribution in [2.75, 3.05) is 11.1 Å². The van der Waals surface area contributed by atoms with E-state index >= 15 is 0 Å². The minimum Gasteiger partial charge on any atom is -0.507 e. The number of benzene rings is 2. The molecule has 1 amide bonds. The van der Waals surface area contributed by atoms with Crippen LogP contribution in [0.15, 0.2) is 30.3 Å². The second kappa shape index (κ2) is 5.70. The number of hydrogen-bond acceptors (Lipinski definition) is 3. The predicted molar refractivity (Wildman–Crippen MR) is 89.1 cm³/mol. The highest BCUT2D eigenvalue weighted by Gasteiger charge is 2.15. The van der Waals surface area contributed by atoms with Crippen LogP contribution in [0.25, 0.3) is 0 Å². The fourth-order valence-electron chi connectivity index (χ4n) is 1.87. The summed E-state index contributed by atoms with van der Waals surface area (Å²) < 4.78 is 0.875. The van der Waals surface area contributed by atoms with Crippen molar-refractivity contribution >= 4 is 39.9 Å². The van der Waals surface area contributed by atoms with Crippen molar-refractivity contribution in [1.29, 1.82) is 0 Å². The van der Waals surface area contributed by atoms with Gasteiger partial charge in [0.25, 0.3) is 5.91 Å². The Kier molecular flexibility index (Phi) is 4.17. The third-order valence-electron chi connectivity index (χ3n) is 3.21. The first kappa shape index (κ1) is 14.6. The minimum absolute atomic E-state index is 0.0493. The number of nitrogen functional groups attached to an aromatic ring is 1. The molecule has 0 aromatic heterocycles. The van der Waals surface area contributed by atoms with Crippen LogP contribution in [-0.2, 0) is 0 Å². The van der Waals surface area contributed by atoms with Crippen molar-refractivity contribution in [3.8, 4) is 5.75 Å². The smallest absolute Gasteiger partial charge is 0.259 e. The summed E-state index contributed by atoms with van der Waals surface area (Å²) in [5.74, 6) is -0.423. The number of carbonyl (C=O) groups excluding carboxylic acids is 1. The molecule has 104 valence electrons. The van der Waals surface area contributed by atoms with Gasteiger partial charge in [0.05, 0.1) is 16.9 Å². The van der Waals surface area contributed by atoms with Gasteiger partial charge in [0.15, 0.2) is 0 Å². The van der Waals surface area contributed by atoms with Gasteiger partial charge in [-0.15, -0.1) is 0 Å². The Labute approximate surface area is 131 Å². The van der Waals surface area contributed by atoms with E-state index in [9.17, 15) is 9.90 Å². The fourth-order valence-corrected chi connectivity index (χ4v) is 2.36. The first-order valence-electron chi connectivity index (χ1n) is 6.05. The number of nitrogens with one attached hydrogen (secondary N) is 1. The molecule has 0 unspecified atom stereocenters. The number of aromatic hydroxyl groups is 1. The van der Waals surface area contributed by atoms with Gasteiger partial charge in [-0.3, -0.25) is 4.79 Å².